The molecule has 0 saturated heterocycles. The molecule has 0 aromatic rings. The van der Waals surface area contributed by atoms with E-state index in [2.05, 4.69) is 30.5 Å². The van der Waals surface area contributed by atoms with Crippen LogP contribution in [0.15, 0.2) is 21.8 Å². The molecule has 0 aromatic carbocycles. The van der Waals surface area contributed by atoms with Crippen LogP contribution in [0.4, 0.5) is 0 Å². The highest BCUT2D eigenvalue weighted by Crippen LogP contribution is 2.07. The molecule has 0 radical (unpaired) electrons. The number of hydrogen-bond acceptors (Lipinski definition) is 2. The van der Waals surface area contributed by atoms with Gasteiger partial charge in [-0.25, -0.2) is 9.98 Å². The minimum atomic E-state index is 0.339. The van der Waals surface area contributed by atoms with Gasteiger partial charge < -0.3 is 5.73 Å². The van der Waals surface area contributed by atoms with Gasteiger partial charge in [0.15, 0.2) is 0 Å². The first-order valence-electron chi connectivity index (χ1n) is 4.02. The predicted octanol–water partition coefficient (Wildman–Crippen LogP) is 1.60. The predicted molar refractivity (Wildman–Crippen MR) is 54.6 cm³/mol. The molecule has 0 atom stereocenters. The molecule has 0 aromatic heterocycles. The largest absolute Gasteiger partial charge is 0.324 e. The first-order valence-corrected chi connectivity index (χ1v) is 4.02. The third kappa shape index (κ3) is 4.03. The Labute approximate surface area is 74.1 Å². The quantitative estimate of drug-likeness (QED) is 0.504. The van der Waals surface area contributed by atoms with Crippen molar-refractivity contribution in [2.24, 2.45) is 21.6 Å². The fraction of sp³-hybridized carbons (Fsp3) is 0.556. The standard InChI is InChI=1S/C9H17N3/c1-7(2)8(3)6-12-9(5-10)11-4/h6-7H,4-5,10H2,1-3H3/b8-6+,12-9?. The number of nitrogens with zero attached hydrogens (tertiary/aromatic N) is 2. The molecule has 3 nitrogen and oxygen atoms in total. The van der Waals surface area contributed by atoms with Crippen molar-refractivity contribution >= 4 is 12.6 Å². The van der Waals surface area contributed by atoms with E-state index >= 15 is 0 Å². The van der Waals surface area contributed by atoms with E-state index in [1.807, 2.05) is 6.92 Å². The topological polar surface area (TPSA) is 50.7 Å². The van der Waals surface area contributed by atoms with Crippen molar-refractivity contribution in [1.82, 2.24) is 0 Å². The summed E-state index contributed by atoms with van der Waals surface area (Å²) in [7, 11) is 0. The van der Waals surface area contributed by atoms with E-state index in [4.69, 9.17) is 5.73 Å². The zero-order chi connectivity index (χ0) is 9.56. The third-order valence-electron chi connectivity index (χ3n) is 1.69. The fourth-order valence-corrected chi connectivity index (χ4v) is 0.483. The van der Waals surface area contributed by atoms with Gasteiger partial charge in [-0.05, 0) is 19.6 Å². The van der Waals surface area contributed by atoms with Gasteiger partial charge in [-0.3, -0.25) is 0 Å². The van der Waals surface area contributed by atoms with Crippen LogP contribution in [-0.4, -0.2) is 19.1 Å². The molecule has 68 valence electrons. The lowest BCUT2D eigenvalue weighted by Gasteiger charge is -2.01. The van der Waals surface area contributed by atoms with Crippen molar-refractivity contribution in [3.05, 3.63) is 11.8 Å². The number of nitrogens with two attached hydrogens (primary N) is 1. The second kappa shape index (κ2) is 5.66. The normalized spacial score (nSPS) is 13.8. The van der Waals surface area contributed by atoms with E-state index in [-0.39, 0.29) is 0 Å². The Morgan fingerprint density at radius 3 is 2.50 bits per heavy atom. The summed E-state index contributed by atoms with van der Waals surface area (Å²) in [6, 6.07) is 0. The number of rotatable bonds is 3. The van der Waals surface area contributed by atoms with Crippen LogP contribution >= 0.6 is 0 Å². The molecule has 0 aliphatic rings. The van der Waals surface area contributed by atoms with Gasteiger partial charge in [0.05, 0.1) is 6.54 Å². The maximum absolute atomic E-state index is 5.35. The van der Waals surface area contributed by atoms with E-state index in [1.54, 1.807) is 6.20 Å². The third-order valence-corrected chi connectivity index (χ3v) is 1.69. The minimum Gasteiger partial charge on any atom is -0.324 e. The van der Waals surface area contributed by atoms with Crippen molar-refractivity contribution in [2.75, 3.05) is 6.54 Å². The molecule has 0 saturated carbocycles. The van der Waals surface area contributed by atoms with E-state index in [0.29, 0.717) is 18.3 Å². The first kappa shape index (κ1) is 11.0. The Hall–Kier alpha value is -0.960. The average Bonchev–Trinajstić information content (AvgIpc) is 2.05. The van der Waals surface area contributed by atoms with Crippen LogP contribution in [0.5, 0.6) is 0 Å². The lowest BCUT2D eigenvalue weighted by Crippen LogP contribution is -2.10. The summed E-state index contributed by atoms with van der Waals surface area (Å²) in [4.78, 5) is 7.75. The Kier molecular flexibility index (Phi) is 5.21. The van der Waals surface area contributed by atoms with Crippen LogP contribution < -0.4 is 5.73 Å². The van der Waals surface area contributed by atoms with Crippen molar-refractivity contribution in [2.45, 2.75) is 20.8 Å². The molecule has 0 spiro atoms. The maximum atomic E-state index is 5.35. The number of hydrogen-bond donors (Lipinski definition) is 1. The molecule has 12 heavy (non-hydrogen) atoms. The van der Waals surface area contributed by atoms with E-state index in [0.717, 1.165) is 0 Å². The van der Waals surface area contributed by atoms with Crippen molar-refractivity contribution in [3.8, 4) is 0 Å². The molecule has 0 unspecified atom stereocenters. The zero-order valence-corrected chi connectivity index (χ0v) is 8.04. The van der Waals surface area contributed by atoms with E-state index in [1.165, 1.54) is 5.57 Å². The van der Waals surface area contributed by atoms with Gasteiger partial charge in [0.25, 0.3) is 0 Å². The average molecular weight is 167 g/mol. The van der Waals surface area contributed by atoms with Gasteiger partial charge in [0.1, 0.15) is 5.84 Å². The number of allylic oxidation sites excluding steroid dienone is 1. The van der Waals surface area contributed by atoms with Crippen molar-refractivity contribution in [1.29, 1.82) is 0 Å². The highest BCUT2D eigenvalue weighted by molar-refractivity contribution is 5.88. The zero-order valence-electron chi connectivity index (χ0n) is 8.04. The summed E-state index contributed by atoms with van der Waals surface area (Å²) in [5.74, 6) is 1.09. The molecule has 0 aliphatic carbocycles. The SMILES string of the molecule is C=NC(CN)=N/C=C(\C)C(C)C. The Morgan fingerprint density at radius 1 is 1.58 bits per heavy atom. The number of aliphatic imine (C=N–C) groups is 2. The fourth-order valence-electron chi connectivity index (χ4n) is 0.483. The van der Waals surface area contributed by atoms with Crippen LogP contribution in [0.25, 0.3) is 0 Å². The first-order chi connectivity index (χ1) is 5.61. The highest BCUT2D eigenvalue weighted by Gasteiger charge is 1.94. The van der Waals surface area contributed by atoms with Crippen LogP contribution in [0.2, 0.25) is 0 Å². The second-order valence-electron chi connectivity index (χ2n) is 2.94. The molecule has 0 fully saturated rings. The Morgan fingerprint density at radius 2 is 2.17 bits per heavy atom. The number of amidine groups is 1. The summed E-state index contributed by atoms with van der Waals surface area (Å²) in [5.41, 5.74) is 6.56. The van der Waals surface area contributed by atoms with Crippen LogP contribution in [0.1, 0.15) is 20.8 Å². The Bertz CT molecular complexity index is 202. The maximum Gasteiger partial charge on any atom is 0.140 e. The van der Waals surface area contributed by atoms with Crippen LogP contribution in [0, 0.1) is 5.92 Å². The summed E-state index contributed by atoms with van der Waals surface area (Å²) in [6.45, 7) is 9.97. The summed E-state index contributed by atoms with van der Waals surface area (Å²) >= 11 is 0. The molecule has 0 heterocycles. The summed E-state index contributed by atoms with van der Waals surface area (Å²) in [5, 5.41) is 0. The lowest BCUT2D eigenvalue weighted by atomic mass is 10.1. The molecule has 3 heteroatoms. The van der Waals surface area contributed by atoms with E-state index < -0.39 is 0 Å². The van der Waals surface area contributed by atoms with Gasteiger partial charge >= 0.3 is 0 Å². The summed E-state index contributed by atoms with van der Waals surface area (Å²) < 4.78 is 0. The van der Waals surface area contributed by atoms with Crippen LogP contribution in [0.3, 0.4) is 0 Å². The molecule has 2 N–H and O–H groups in total. The molecular formula is C9H17N3. The monoisotopic (exact) mass is 167 g/mol. The summed E-state index contributed by atoms with van der Waals surface area (Å²) in [6.07, 6.45) is 1.79. The van der Waals surface area contributed by atoms with Crippen LogP contribution in [-0.2, 0) is 0 Å². The van der Waals surface area contributed by atoms with Crippen molar-refractivity contribution in [3.63, 3.8) is 0 Å². The smallest absolute Gasteiger partial charge is 0.140 e. The van der Waals surface area contributed by atoms with Gasteiger partial charge in [-0.1, -0.05) is 19.4 Å². The van der Waals surface area contributed by atoms with Crippen molar-refractivity contribution < 1.29 is 0 Å². The van der Waals surface area contributed by atoms with Gasteiger partial charge in [0, 0.05) is 6.20 Å². The molecule has 0 aliphatic heterocycles. The molecule has 0 bridgehead atoms. The van der Waals surface area contributed by atoms with Gasteiger partial charge in [-0.2, -0.15) is 0 Å². The lowest BCUT2D eigenvalue weighted by molar-refractivity contribution is 0.766. The minimum absolute atomic E-state index is 0.339. The highest BCUT2D eigenvalue weighted by atomic mass is 14.9. The van der Waals surface area contributed by atoms with Gasteiger partial charge in [-0.15, -0.1) is 0 Å². The Balaban J connectivity index is 4.34. The second-order valence-corrected chi connectivity index (χ2v) is 2.94. The molecule has 0 amide bonds. The molecular weight excluding hydrogens is 150 g/mol. The van der Waals surface area contributed by atoms with Gasteiger partial charge in [0.2, 0.25) is 0 Å². The van der Waals surface area contributed by atoms with E-state index in [9.17, 15) is 0 Å². The molecule has 0 rings (SSSR count).